The van der Waals surface area contributed by atoms with Gasteiger partial charge in [0, 0.05) is 54.4 Å². The fraction of sp³-hybridized carbons (Fsp3) is 0.553. The van der Waals surface area contributed by atoms with Crippen molar-refractivity contribution < 1.29 is 53.4 Å². The summed E-state index contributed by atoms with van der Waals surface area (Å²) in [6.45, 7) is 10.1. The summed E-state index contributed by atoms with van der Waals surface area (Å²) in [6.07, 6.45) is 1.98. The molecule has 0 aliphatic carbocycles. The molecule has 0 fully saturated rings. The Kier molecular flexibility index (Phi) is 18.8. The molecule has 0 unspecified atom stereocenters. The molecule has 25 heteroatoms. The summed E-state index contributed by atoms with van der Waals surface area (Å²) in [4.78, 5) is 135. The van der Waals surface area contributed by atoms with Gasteiger partial charge in [-0.1, -0.05) is 53.7 Å². The summed E-state index contributed by atoms with van der Waals surface area (Å²) < 4.78 is 1.55. The zero-order valence-corrected chi connectivity index (χ0v) is 41.2. The number of carboxylic acids is 2. The lowest BCUT2D eigenvalue weighted by Crippen LogP contribution is -2.61. The second-order valence-electron chi connectivity index (χ2n) is 19.4. The van der Waals surface area contributed by atoms with Gasteiger partial charge in [-0.2, -0.15) is 0 Å². The van der Waals surface area contributed by atoms with Crippen LogP contribution in [0.1, 0.15) is 96.4 Å². The van der Waals surface area contributed by atoms with Crippen LogP contribution < -0.4 is 54.4 Å². The first kappa shape index (κ1) is 55.4. The molecule has 1 aromatic carbocycles. The number of nitrogens with one attached hydrogen (secondary N) is 8. The van der Waals surface area contributed by atoms with Gasteiger partial charge in [-0.15, -0.1) is 0 Å². The van der Waals surface area contributed by atoms with E-state index in [2.05, 4.69) is 52.2 Å². The van der Waals surface area contributed by atoms with Crippen molar-refractivity contribution >= 4 is 70.2 Å². The number of aromatic nitrogens is 3. The molecule has 0 saturated heterocycles. The number of nitrogens with zero attached hydrogens (tertiary/aromatic N) is 3. The predicted octanol–water partition coefficient (Wildman–Crippen LogP) is -1.74. The summed E-state index contributed by atoms with van der Waals surface area (Å²) in [5, 5.41) is 38.7. The molecule has 0 spiro atoms. The van der Waals surface area contributed by atoms with E-state index in [-0.39, 0.29) is 62.6 Å². The van der Waals surface area contributed by atoms with Crippen LogP contribution in [0.15, 0.2) is 35.7 Å². The molecule has 0 saturated carbocycles. The molecule has 3 aromatic rings. The maximum absolute atomic E-state index is 14.8. The summed E-state index contributed by atoms with van der Waals surface area (Å²) in [7, 11) is 0. The highest BCUT2D eigenvalue weighted by molar-refractivity contribution is 5.99. The van der Waals surface area contributed by atoms with E-state index in [1.807, 2.05) is 27.7 Å². The number of imidazole rings is 1. The lowest BCUT2D eigenvalue weighted by molar-refractivity contribution is -0.141. The minimum absolute atomic E-state index is 0.0482. The van der Waals surface area contributed by atoms with E-state index in [1.54, 1.807) is 36.6 Å². The molecule has 2 aromatic heterocycles. The number of fused-ring (bicyclic) bond motifs is 13. The van der Waals surface area contributed by atoms with Gasteiger partial charge in [0.05, 0.1) is 18.3 Å². The Morgan fingerprint density at radius 2 is 1.57 bits per heavy atom. The first-order chi connectivity index (χ1) is 33.9. The van der Waals surface area contributed by atoms with E-state index < -0.39 is 126 Å². The molecular formula is C47H68N14O11. The summed E-state index contributed by atoms with van der Waals surface area (Å²) >= 11 is 0. The molecule has 7 amide bonds. The highest BCUT2D eigenvalue weighted by Crippen LogP contribution is 2.34. The van der Waals surface area contributed by atoms with Crippen molar-refractivity contribution in [3.8, 4) is 5.82 Å². The molecule has 3 aliphatic rings. The largest absolute Gasteiger partial charge is 0.481 e. The molecule has 5 heterocycles. The van der Waals surface area contributed by atoms with E-state index in [0.29, 0.717) is 27.8 Å². The zero-order chi connectivity index (χ0) is 53.1. The van der Waals surface area contributed by atoms with Crippen LogP contribution in [-0.4, -0.2) is 139 Å². The Morgan fingerprint density at radius 3 is 2.21 bits per heavy atom. The standard InChI is InChI=1S/C47H68N14O11/c1-21(2)14-31-43(68)59-37(23(5)6)44(69)58-32-17-27-26-10-9-24(36(22(3)4)38(45(70)57-31)60-40(65)28(48)11-12-35(63)64)15-30(26)55-39(27)61-19-25(53-20-61)16-33(46(71)72)54-34(62)18-52-41(66)29(56-42(32)67)8-7-13-51-47(49)50/h9-10,15,19-23,28-29,31-33,36-38,55H,7-8,11-14,16-18,48H2,1-6H3,(H,52,66)(H,54,62)(H,56,67)(H,57,70)(H,58,69)(H,59,68)(H,60,65)(H,63,64)(H,71,72)(H4,49,50,51)/t28-,29+,31+,32-,33+,36+,37+,38-/m0/s1. The van der Waals surface area contributed by atoms with Crippen LogP contribution in [0.3, 0.4) is 0 Å². The Bertz CT molecular complexity index is 2550. The monoisotopic (exact) mass is 1000 g/mol. The first-order valence-corrected chi connectivity index (χ1v) is 24.0. The SMILES string of the molecule is CC(C)C[C@H]1NC(=O)[C@@H](NC(=O)[C@@H](N)CCC(=O)O)[C@H](C(C)C)c2ccc3c4c([nH]c3c2)-n2cnc(c2)C[C@H](C(=O)O)NC(=O)CNC(=O)[C@@H](CCCN=C(N)N)NC(=O)[C@H](C4)NC(=O)[C@@H](C(C)C)NC1=O. The van der Waals surface area contributed by atoms with Crippen LogP contribution in [-0.2, 0) is 56.0 Å². The average molecular weight is 1010 g/mol. The second kappa shape index (κ2) is 24.5. The average Bonchev–Trinajstić information content (AvgIpc) is 3.91. The minimum Gasteiger partial charge on any atom is -0.481 e. The van der Waals surface area contributed by atoms with Gasteiger partial charge in [-0.25, -0.2) is 9.78 Å². The van der Waals surface area contributed by atoms with Crippen LogP contribution in [0.4, 0.5) is 0 Å². The highest BCUT2D eigenvalue weighted by atomic mass is 16.4. The Morgan fingerprint density at radius 1 is 0.861 bits per heavy atom. The van der Waals surface area contributed by atoms with Crippen molar-refractivity contribution in [2.24, 2.45) is 39.9 Å². The van der Waals surface area contributed by atoms with E-state index in [4.69, 9.17) is 17.2 Å². The Hall–Kier alpha value is -7.57. The van der Waals surface area contributed by atoms with Gasteiger partial charge in [-0.3, -0.25) is 47.9 Å². The van der Waals surface area contributed by atoms with E-state index in [9.17, 15) is 53.4 Å². The third kappa shape index (κ3) is 14.5. The van der Waals surface area contributed by atoms with Gasteiger partial charge in [0.1, 0.15) is 48.4 Å². The molecular weight excluding hydrogens is 937 g/mol. The number of guanidine groups is 1. The number of hydrogen-bond donors (Lipinski definition) is 13. The van der Waals surface area contributed by atoms with Crippen LogP contribution in [0.2, 0.25) is 0 Å². The van der Waals surface area contributed by atoms with Crippen LogP contribution >= 0.6 is 0 Å². The fourth-order valence-corrected chi connectivity index (χ4v) is 8.85. The Labute approximate surface area is 415 Å². The first-order valence-electron chi connectivity index (χ1n) is 24.0. The third-order valence-electron chi connectivity index (χ3n) is 12.5. The van der Waals surface area contributed by atoms with E-state index >= 15 is 0 Å². The zero-order valence-electron chi connectivity index (χ0n) is 41.2. The summed E-state index contributed by atoms with van der Waals surface area (Å²) in [5.74, 6) is -9.98. The van der Waals surface area contributed by atoms with Gasteiger partial charge < -0.3 is 69.6 Å². The van der Waals surface area contributed by atoms with Gasteiger partial charge >= 0.3 is 11.9 Å². The molecule has 392 valence electrons. The highest BCUT2D eigenvalue weighted by Gasteiger charge is 2.39. The summed E-state index contributed by atoms with van der Waals surface area (Å²) in [5.41, 5.74) is 18.9. The number of aliphatic imine (C=N–C) groups is 1. The summed E-state index contributed by atoms with van der Waals surface area (Å²) in [6, 6.07) is -4.29. The van der Waals surface area contributed by atoms with Crippen molar-refractivity contribution in [3.05, 3.63) is 47.5 Å². The smallest absolute Gasteiger partial charge is 0.326 e. The Balaban J connectivity index is 1.77. The molecule has 0 radical (unpaired) electrons. The van der Waals surface area contributed by atoms with Crippen LogP contribution in [0.25, 0.3) is 16.7 Å². The second-order valence-corrected chi connectivity index (χ2v) is 19.4. The number of carbonyl (C=O) groups is 9. The van der Waals surface area contributed by atoms with Crippen LogP contribution in [0.5, 0.6) is 0 Å². The maximum Gasteiger partial charge on any atom is 0.326 e. The molecule has 16 N–H and O–H groups in total. The number of carboxylic acid groups (broad SMARTS) is 2. The number of amides is 7. The minimum atomic E-state index is -1.47. The number of benzene rings is 1. The van der Waals surface area contributed by atoms with Gasteiger partial charge in [0.25, 0.3) is 0 Å². The molecule has 25 nitrogen and oxygen atoms in total. The van der Waals surface area contributed by atoms with Crippen molar-refractivity contribution in [3.63, 3.8) is 0 Å². The number of aromatic amines is 1. The lowest BCUT2D eigenvalue weighted by atomic mass is 9.81. The van der Waals surface area contributed by atoms with Crippen molar-refractivity contribution in [2.75, 3.05) is 13.1 Å². The number of H-pyrrole nitrogens is 1. The number of aliphatic carboxylic acids is 2. The van der Waals surface area contributed by atoms with Crippen molar-refractivity contribution in [2.45, 2.75) is 135 Å². The molecule has 72 heavy (non-hydrogen) atoms. The topological polar surface area (TPSA) is 402 Å². The molecule has 7 bridgehead atoms. The maximum atomic E-state index is 14.8. The normalized spacial score (nSPS) is 23.1. The van der Waals surface area contributed by atoms with Gasteiger partial charge in [-0.05, 0) is 55.1 Å². The van der Waals surface area contributed by atoms with E-state index in [0.717, 1.165) is 0 Å². The van der Waals surface area contributed by atoms with Gasteiger partial charge in [0.15, 0.2) is 5.96 Å². The number of nitrogens with two attached hydrogens (primary N) is 3. The quantitative estimate of drug-likeness (QED) is 0.0369. The number of rotatable bonds is 14. The van der Waals surface area contributed by atoms with Crippen molar-refractivity contribution in [1.29, 1.82) is 0 Å². The fourth-order valence-electron chi connectivity index (χ4n) is 8.85. The number of hydrogen-bond acceptors (Lipinski definition) is 12. The molecule has 3 aliphatic heterocycles. The number of carbonyl (C=O) groups excluding carboxylic acids is 7. The van der Waals surface area contributed by atoms with Gasteiger partial charge in [0.2, 0.25) is 41.4 Å². The predicted molar refractivity (Wildman–Crippen MR) is 262 cm³/mol. The third-order valence-corrected chi connectivity index (χ3v) is 12.5. The van der Waals surface area contributed by atoms with Crippen molar-refractivity contribution in [1.82, 2.24) is 51.8 Å². The van der Waals surface area contributed by atoms with E-state index in [1.165, 1.54) is 12.5 Å². The lowest BCUT2D eigenvalue weighted by Gasteiger charge is -2.33. The molecule has 8 atom stereocenters. The van der Waals surface area contributed by atoms with Crippen LogP contribution in [0, 0.1) is 17.8 Å². The molecule has 6 rings (SSSR count).